The fourth-order valence-corrected chi connectivity index (χ4v) is 3.21. The van der Waals surface area contributed by atoms with E-state index in [0.717, 1.165) is 26.3 Å². The van der Waals surface area contributed by atoms with Crippen LogP contribution in [0.5, 0.6) is 0 Å². The molecule has 23 heavy (non-hydrogen) atoms. The Morgan fingerprint density at radius 3 is 2.57 bits per heavy atom. The fourth-order valence-electron chi connectivity index (χ4n) is 2.14. The van der Waals surface area contributed by atoms with Crippen LogP contribution in [0.4, 0.5) is 0 Å². The van der Waals surface area contributed by atoms with Gasteiger partial charge in [0.25, 0.3) is 0 Å². The molecule has 0 aliphatic carbocycles. The number of hydrogen-bond acceptors (Lipinski definition) is 3. The largest absolute Gasteiger partial charge is 0.352 e. The number of rotatable bonds is 5. The van der Waals surface area contributed by atoms with Crippen molar-refractivity contribution in [2.45, 2.75) is 13.0 Å². The van der Waals surface area contributed by atoms with Gasteiger partial charge in [-0.3, -0.25) is 4.79 Å². The average molecular weight is 387 g/mol. The standard InChI is InChI=1S/C18H15BrN2OS/c19-15-8-6-14(7-9-15)16-12-23-18(21-16)10-17(22)20-11-13-4-2-1-3-5-13/h1-9,12H,10-11H2,(H,20,22). The lowest BCUT2D eigenvalue weighted by molar-refractivity contribution is -0.120. The lowest BCUT2D eigenvalue weighted by Gasteiger charge is -2.03. The summed E-state index contributed by atoms with van der Waals surface area (Å²) in [6.45, 7) is 0.546. The number of thiazole rings is 1. The van der Waals surface area contributed by atoms with Crippen molar-refractivity contribution in [2.75, 3.05) is 0 Å². The van der Waals surface area contributed by atoms with Crippen LogP contribution in [0.3, 0.4) is 0 Å². The average Bonchev–Trinajstić information content (AvgIpc) is 3.03. The van der Waals surface area contributed by atoms with Gasteiger partial charge in [-0.05, 0) is 17.7 Å². The predicted molar refractivity (Wildman–Crippen MR) is 97.2 cm³/mol. The fraction of sp³-hybridized carbons (Fsp3) is 0.111. The minimum absolute atomic E-state index is 0.00874. The molecule has 5 heteroatoms. The summed E-state index contributed by atoms with van der Waals surface area (Å²) in [5, 5.41) is 5.74. The molecule has 1 N–H and O–H groups in total. The Morgan fingerprint density at radius 2 is 1.83 bits per heavy atom. The molecule has 0 saturated heterocycles. The summed E-state index contributed by atoms with van der Waals surface area (Å²) in [6, 6.07) is 17.9. The molecule has 0 bridgehead atoms. The Balaban J connectivity index is 1.58. The number of halogens is 1. The maximum Gasteiger partial charge on any atom is 0.227 e. The second kappa shape index (κ2) is 7.53. The summed E-state index contributed by atoms with van der Waals surface area (Å²) in [5.41, 5.74) is 3.06. The molecule has 2 aromatic carbocycles. The van der Waals surface area contributed by atoms with Gasteiger partial charge in [0, 0.05) is 22.0 Å². The molecule has 116 valence electrons. The predicted octanol–water partition coefficient (Wildman–Crippen LogP) is 4.43. The van der Waals surface area contributed by atoms with E-state index < -0.39 is 0 Å². The number of nitrogens with one attached hydrogen (secondary N) is 1. The van der Waals surface area contributed by atoms with Crippen LogP contribution < -0.4 is 5.32 Å². The molecule has 0 radical (unpaired) electrons. The third-order valence-corrected chi connectivity index (χ3v) is 4.71. The minimum Gasteiger partial charge on any atom is -0.352 e. The zero-order valence-corrected chi connectivity index (χ0v) is 14.7. The Labute approximate surface area is 147 Å². The van der Waals surface area contributed by atoms with Crippen LogP contribution in [0.15, 0.2) is 64.5 Å². The van der Waals surface area contributed by atoms with E-state index in [9.17, 15) is 4.79 Å². The number of carbonyl (C=O) groups is 1. The summed E-state index contributed by atoms with van der Waals surface area (Å²) in [5.74, 6) is -0.00874. The van der Waals surface area contributed by atoms with Crippen molar-refractivity contribution in [1.29, 1.82) is 0 Å². The van der Waals surface area contributed by atoms with Crippen LogP contribution >= 0.6 is 27.3 Å². The molecule has 0 aliphatic rings. The van der Waals surface area contributed by atoms with Gasteiger partial charge in [-0.25, -0.2) is 4.98 Å². The second-order valence-electron chi connectivity index (χ2n) is 5.07. The maximum atomic E-state index is 12.0. The third-order valence-electron chi connectivity index (χ3n) is 3.34. The number of nitrogens with zero attached hydrogens (tertiary/aromatic N) is 1. The van der Waals surface area contributed by atoms with Gasteiger partial charge in [-0.15, -0.1) is 11.3 Å². The van der Waals surface area contributed by atoms with Gasteiger partial charge in [0.1, 0.15) is 5.01 Å². The Hall–Kier alpha value is -1.98. The number of amides is 1. The lowest BCUT2D eigenvalue weighted by atomic mass is 10.2. The highest BCUT2D eigenvalue weighted by molar-refractivity contribution is 9.10. The van der Waals surface area contributed by atoms with E-state index in [-0.39, 0.29) is 5.91 Å². The Bertz CT molecular complexity index is 784. The van der Waals surface area contributed by atoms with Gasteiger partial charge < -0.3 is 5.32 Å². The first kappa shape index (κ1) is 15.9. The third kappa shape index (κ3) is 4.50. The second-order valence-corrected chi connectivity index (χ2v) is 6.93. The first-order valence-corrected chi connectivity index (χ1v) is 8.89. The molecule has 0 fully saturated rings. The van der Waals surface area contributed by atoms with E-state index in [1.54, 1.807) is 0 Å². The van der Waals surface area contributed by atoms with E-state index in [0.29, 0.717) is 13.0 Å². The first-order valence-electron chi connectivity index (χ1n) is 7.22. The molecule has 1 aromatic heterocycles. The molecule has 3 nitrogen and oxygen atoms in total. The number of carbonyl (C=O) groups excluding carboxylic acids is 1. The normalized spacial score (nSPS) is 10.5. The van der Waals surface area contributed by atoms with Crippen LogP contribution in [0.25, 0.3) is 11.3 Å². The highest BCUT2D eigenvalue weighted by atomic mass is 79.9. The van der Waals surface area contributed by atoms with Crippen molar-refractivity contribution in [1.82, 2.24) is 10.3 Å². The Morgan fingerprint density at radius 1 is 1.09 bits per heavy atom. The van der Waals surface area contributed by atoms with Gasteiger partial charge in [-0.1, -0.05) is 58.4 Å². The van der Waals surface area contributed by atoms with Crippen molar-refractivity contribution in [3.8, 4) is 11.3 Å². The van der Waals surface area contributed by atoms with Crippen LogP contribution in [0, 0.1) is 0 Å². The van der Waals surface area contributed by atoms with E-state index in [4.69, 9.17) is 0 Å². The summed E-state index contributed by atoms with van der Waals surface area (Å²) < 4.78 is 1.04. The van der Waals surface area contributed by atoms with Crippen molar-refractivity contribution < 1.29 is 4.79 Å². The minimum atomic E-state index is -0.00874. The molecular weight excluding hydrogens is 372 g/mol. The number of hydrogen-bond donors (Lipinski definition) is 1. The number of benzene rings is 2. The van der Waals surface area contributed by atoms with Gasteiger partial charge in [-0.2, -0.15) is 0 Å². The van der Waals surface area contributed by atoms with Crippen molar-refractivity contribution >= 4 is 33.2 Å². The highest BCUT2D eigenvalue weighted by Crippen LogP contribution is 2.23. The van der Waals surface area contributed by atoms with Crippen LogP contribution in [-0.2, 0) is 17.8 Å². The lowest BCUT2D eigenvalue weighted by Crippen LogP contribution is -2.24. The molecule has 0 saturated carbocycles. The highest BCUT2D eigenvalue weighted by Gasteiger charge is 2.09. The summed E-state index contributed by atoms with van der Waals surface area (Å²) in [6.07, 6.45) is 0.314. The monoisotopic (exact) mass is 386 g/mol. The molecule has 0 spiro atoms. The molecule has 1 heterocycles. The smallest absolute Gasteiger partial charge is 0.227 e. The van der Waals surface area contributed by atoms with Gasteiger partial charge in [0.05, 0.1) is 12.1 Å². The summed E-state index contributed by atoms with van der Waals surface area (Å²) >= 11 is 4.94. The van der Waals surface area contributed by atoms with Crippen molar-refractivity contribution in [3.05, 3.63) is 75.0 Å². The van der Waals surface area contributed by atoms with Gasteiger partial charge in [0.2, 0.25) is 5.91 Å². The van der Waals surface area contributed by atoms with E-state index in [1.165, 1.54) is 11.3 Å². The zero-order valence-electron chi connectivity index (χ0n) is 12.3. The molecule has 3 rings (SSSR count). The van der Waals surface area contributed by atoms with Crippen molar-refractivity contribution in [2.24, 2.45) is 0 Å². The Kier molecular flexibility index (Phi) is 5.20. The maximum absolute atomic E-state index is 12.0. The molecular formula is C18H15BrN2OS. The van der Waals surface area contributed by atoms with Crippen LogP contribution in [0.1, 0.15) is 10.6 Å². The topological polar surface area (TPSA) is 42.0 Å². The van der Waals surface area contributed by atoms with Crippen LogP contribution in [0.2, 0.25) is 0 Å². The molecule has 0 unspecified atom stereocenters. The van der Waals surface area contributed by atoms with Gasteiger partial charge >= 0.3 is 0 Å². The van der Waals surface area contributed by atoms with E-state index in [1.807, 2.05) is 60.0 Å². The van der Waals surface area contributed by atoms with Gasteiger partial charge in [0.15, 0.2) is 0 Å². The number of aromatic nitrogens is 1. The van der Waals surface area contributed by atoms with Crippen LogP contribution in [-0.4, -0.2) is 10.9 Å². The summed E-state index contributed by atoms with van der Waals surface area (Å²) in [7, 11) is 0. The van der Waals surface area contributed by atoms with Crippen molar-refractivity contribution in [3.63, 3.8) is 0 Å². The molecule has 1 amide bonds. The quantitative estimate of drug-likeness (QED) is 0.704. The van der Waals surface area contributed by atoms with E-state index >= 15 is 0 Å². The summed E-state index contributed by atoms with van der Waals surface area (Å²) in [4.78, 5) is 16.6. The molecule has 0 aliphatic heterocycles. The SMILES string of the molecule is O=C(Cc1nc(-c2ccc(Br)cc2)cs1)NCc1ccccc1. The zero-order chi connectivity index (χ0) is 16.1. The molecule has 0 atom stereocenters. The first-order chi connectivity index (χ1) is 11.2. The van der Waals surface area contributed by atoms with E-state index in [2.05, 4.69) is 26.2 Å². The molecule has 3 aromatic rings.